The summed E-state index contributed by atoms with van der Waals surface area (Å²) in [5, 5.41) is 7.37. The van der Waals surface area contributed by atoms with E-state index in [0.29, 0.717) is 23.7 Å². The Morgan fingerprint density at radius 3 is 2.61 bits per heavy atom. The lowest BCUT2D eigenvalue weighted by Crippen LogP contribution is -2.18. The van der Waals surface area contributed by atoms with E-state index in [-0.39, 0.29) is 6.99 Å². The van der Waals surface area contributed by atoms with Gasteiger partial charge in [-0.2, -0.15) is 0 Å². The van der Waals surface area contributed by atoms with Crippen molar-refractivity contribution < 1.29 is 5.95 Å². The summed E-state index contributed by atoms with van der Waals surface area (Å²) in [6.07, 6.45) is 4.42. The van der Waals surface area contributed by atoms with Crippen LogP contribution in [0.1, 0.15) is 26.0 Å². The van der Waals surface area contributed by atoms with Crippen LogP contribution >= 0.6 is 0 Å². The predicted octanol–water partition coefficient (Wildman–Crippen LogP) is 4.31. The van der Waals surface area contributed by atoms with Crippen molar-refractivity contribution in [1.29, 1.82) is 0 Å². The predicted molar refractivity (Wildman–Crippen MR) is 123 cm³/mol. The minimum atomic E-state index is -0.0218. The topological polar surface area (TPSA) is 85.8 Å². The molecule has 0 aliphatic heterocycles. The Hall–Kier alpha value is -3.58. The van der Waals surface area contributed by atoms with Crippen LogP contribution in [0.5, 0.6) is 0 Å². The van der Waals surface area contributed by atoms with Crippen LogP contribution in [0, 0.1) is 6.92 Å². The number of nitrogens with zero attached hydrogens (tertiary/aromatic N) is 4. The van der Waals surface area contributed by atoms with E-state index in [1.807, 2.05) is 45.3 Å². The second-order valence-electron chi connectivity index (χ2n) is 7.44. The molecule has 31 heavy (non-hydrogen) atoms. The lowest BCUT2D eigenvalue weighted by atomic mass is 10.1. The maximum absolute atomic E-state index is 12.0. The zero-order valence-corrected chi connectivity index (χ0v) is 17.9. The second kappa shape index (κ2) is 9.06. The van der Waals surface area contributed by atoms with Crippen molar-refractivity contribution in [2.45, 2.75) is 33.4 Å². The Labute approximate surface area is 182 Å². The fourth-order valence-corrected chi connectivity index (χ4v) is 3.44. The summed E-state index contributed by atoms with van der Waals surface area (Å²) in [5.74, 6) is 0.558. The summed E-state index contributed by atoms with van der Waals surface area (Å²) >= 11 is 0. The van der Waals surface area contributed by atoms with Gasteiger partial charge in [0.15, 0.2) is 5.76 Å². The maximum Gasteiger partial charge on any atom is 0.250 e. The van der Waals surface area contributed by atoms with Gasteiger partial charge >= 0.3 is 0 Å². The number of hydrogen-bond acceptors (Lipinski definition) is 6. The van der Waals surface area contributed by atoms with E-state index in [1.165, 1.54) is 5.56 Å². The van der Waals surface area contributed by atoms with E-state index < -0.39 is 0 Å². The SMILES string of the molecule is CCCn1cc(-c2cnc(C)c(-c3cc(-c4ccc(CNC)cc4)no3)n2)ccc1=O.[HH]. The first-order valence-electron chi connectivity index (χ1n) is 10.3. The molecule has 0 aliphatic rings. The highest BCUT2D eigenvalue weighted by Crippen LogP contribution is 2.28. The highest BCUT2D eigenvalue weighted by atomic mass is 16.5. The molecular formula is C24H27N5O2. The van der Waals surface area contributed by atoms with Gasteiger partial charge in [0.1, 0.15) is 11.4 Å². The van der Waals surface area contributed by atoms with Crippen molar-refractivity contribution in [2.24, 2.45) is 0 Å². The number of pyridine rings is 1. The summed E-state index contributed by atoms with van der Waals surface area (Å²) in [5.41, 5.74) is 5.80. The van der Waals surface area contributed by atoms with Gasteiger partial charge in [0.2, 0.25) is 0 Å². The lowest BCUT2D eigenvalue weighted by Gasteiger charge is -2.08. The molecule has 0 fully saturated rings. The maximum atomic E-state index is 12.0. The molecule has 7 heteroatoms. The highest BCUT2D eigenvalue weighted by molar-refractivity contribution is 5.68. The number of benzene rings is 1. The highest BCUT2D eigenvalue weighted by Gasteiger charge is 2.15. The minimum Gasteiger partial charge on any atom is -0.354 e. The largest absolute Gasteiger partial charge is 0.354 e. The molecule has 0 bridgehead atoms. The Morgan fingerprint density at radius 1 is 1.10 bits per heavy atom. The summed E-state index contributed by atoms with van der Waals surface area (Å²) in [6.45, 7) is 5.41. The Balaban J connectivity index is 0.00000289. The van der Waals surface area contributed by atoms with Gasteiger partial charge in [0.05, 0.1) is 17.6 Å². The molecule has 7 nitrogen and oxygen atoms in total. The van der Waals surface area contributed by atoms with Gasteiger partial charge in [0.25, 0.3) is 5.56 Å². The zero-order chi connectivity index (χ0) is 21.8. The molecule has 0 amide bonds. The van der Waals surface area contributed by atoms with Crippen LogP contribution in [0.4, 0.5) is 0 Å². The average Bonchev–Trinajstić information content (AvgIpc) is 3.27. The molecule has 160 valence electrons. The Morgan fingerprint density at radius 2 is 1.87 bits per heavy atom. The van der Waals surface area contributed by atoms with Crippen LogP contribution in [0.15, 0.2) is 64.2 Å². The Kier molecular flexibility index (Phi) is 6.04. The first kappa shape index (κ1) is 20.7. The summed E-state index contributed by atoms with van der Waals surface area (Å²) in [6, 6.07) is 13.4. The van der Waals surface area contributed by atoms with Crippen molar-refractivity contribution in [3.63, 3.8) is 0 Å². The fourth-order valence-electron chi connectivity index (χ4n) is 3.44. The third-order valence-electron chi connectivity index (χ3n) is 5.07. The number of hydrogen-bond donors (Lipinski definition) is 1. The Bertz CT molecular complexity index is 1250. The van der Waals surface area contributed by atoms with Crippen LogP contribution in [0.2, 0.25) is 0 Å². The molecule has 0 radical (unpaired) electrons. The molecule has 0 atom stereocenters. The lowest BCUT2D eigenvalue weighted by molar-refractivity contribution is 0.433. The number of rotatable bonds is 7. The molecule has 3 heterocycles. The van der Waals surface area contributed by atoms with Crippen molar-refractivity contribution >= 4 is 0 Å². The zero-order valence-electron chi connectivity index (χ0n) is 17.9. The van der Waals surface area contributed by atoms with Crippen LogP contribution in [-0.4, -0.2) is 26.7 Å². The molecule has 0 spiro atoms. The standard InChI is InChI=1S/C24H25N5O2.H2/c1-4-11-29-15-19(9-10-23(29)30)21-14-26-16(2)24(27-21)22-12-20(28-31-22)18-7-5-17(6-8-18)13-25-3;/h5-10,12,14-15,25H,4,11,13H2,1-3H3;1H. The monoisotopic (exact) mass is 417 g/mol. The van der Waals surface area contributed by atoms with E-state index in [0.717, 1.165) is 35.5 Å². The van der Waals surface area contributed by atoms with Gasteiger partial charge in [-0.05, 0) is 32.0 Å². The molecule has 4 aromatic rings. The summed E-state index contributed by atoms with van der Waals surface area (Å²) in [4.78, 5) is 21.3. The molecule has 3 aromatic heterocycles. The van der Waals surface area contributed by atoms with Crippen molar-refractivity contribution in [3.05, 3.63) is 76.5 Å². The quantitative estimate of drug-likeness (QED) is 0.482. The van der Waals surface area contributed by atoms with Gasteiger partial charge in [-0.25, -0.2) is 4.98 Å². The molecule has 0 aliphatic carbocycles. The molecule has 0 saturated heterocycles. The van der Waals surface area contributed by atoms with E-state index in [2.05, 4.69) is 27.6 Å². The molecule has 1 aromatic carbocycles. The third kappa shape index (κ3) is 4.46. The smallest absolute Gasteiger partial charge is 0.250 e. The first-order chi connectivity index (χ1) is 15.1. The van der Waals surface area contributed by atoms with E-state index in [1.54, 1.807) is 22.9 Å². The van der Waals surface area contributed by atoms with Gasteiger partial charge < -0.3 is 14.4 Å². The van der Waals surface area contributed by atoms with Crippen molar-refractivity contribution in [1.82, 2.24) is 25.0 Å². The van der Waals surface area contributed by atoms with Gasteiger partial charge in [-0.1, -0.05) is 36.3 Å². The molecule has 0 saturated carbocycles. The second-order valence-corrected chi connectivity index (χ2v) is 7.44. The fraction of sp³-hybridized carbons (Fsp3) is 0.250. The van der Waals surface area contributed by atoms with Crippen LogP contribution in [0.3, 0.4) is 0 Å². The normalized spacial score (nSPS) is 11.1. The minimum absolute atomic E-state index is 0. The van der Waals surface area contributed by atoms with Gasteiger partial charge in [0, 0.05) is 44.0 Å². The van der Waals surface area contributed by atoms with Gasteiger partial charge in [-0.15, -0.1) is 0 Å². The summed E-state index contributed by atoms with van der Waals surface area (Å²) in [7, 11) is 1.92. The molecule has 0 unspecified atom stereocenters. The number of nitrogens with one attached hydrogen (secondary N) is 1. The van der Waals surface area contributed by atoms with E-state index in [4.69, 9.17) is 9.51 Å². The van der Waals surface area contributed by atoms with Crippen LogP contribution < -0.4 is 10.9 Å². The van der Waals surface area contributed by atoms with Crippen molar-refractivity contribution in [3.8, 4) is 34.0 Å². The third-order valence-corrected chi connectivity index (χ3v) is 5.07. The van der Waals surface area contributed by atoms with Crippen molar-refractivity contribution in [2.75, 3.05) is 7.05 Å². The van der Waals surface area contributed by atoms with Crippen LogP contribution in [0.25, 0.3) is 34.0 Å². The summed E-state index contributed by atoms with van der Waals surface area (Å²) < 4.78 is 7.31. The molecule has 4 rings (SSSR count). The first-order valence-corrected chi connectivity index (χ1v) is 10.3. The van der Waals surface area contributed by atoms with E-state index >= 15 is 0 Å². The van der Waals surface area contributed by atoms with E-state index in [9.17, 15) is 4.79 Å². The number of aryl methyl sites for hydroxylation is 2. The average molecular weight is 418 g/mol. The molecule has 1 N–H and O–H groups in total. The number of aromatic nitrogens is 4. The van der Waals surface area contributed by atoms with Crippen LogP contribution in [-0.2, 0) is 13.1 Å². The molecular weight excluding hydrogens is 390 g/mol. The van der Waals surface area contributed by atoms with Gasteiger partial charge in [-0.3, -0.25) is 9.78 Å².